The predicted octanol–water partition coefficient (Wildman–Crippen LogP) is 7.53. The molecule has 5 rings (SSSR count). The van der Waals surface area contributed by atoms with Crippen molar-refractivity contribution < 1.29 is 31.1 Å². The van der Waals surface area contributed by atoms with Crippen LogP contribution in [0, 0.1) is 0 Å². The molecule has 3 heterocycles. The van der Waals surface area contributed by atoms with Gasteiger partial charge in [-0.25, -0.2) is 0 Å². The lowest BCUT2D eigenvalue weighted by molar-refractivity contribution is -0.143. The molecule has 2 aromatic heterocycles. The Morgan fingerprint density at radius 2 is 1.65 bits per heavy atom. The highest BCUT2D eigenvalue weighted by molar-refractivity contribution is 5.95. The van der Waals surface area contributed by atoms with Gasteiger partial charge in [0.15, 0.2) is 0 Å². The second-order valence-corrected chi connectivity index (χ2v) is 9.96. The number of aromatic nitrogens is 2. The van der Waals surface area contributed by atoms with Gasteiger partial charge < -0.3 is 9.88 Å². The fourth-order valence-electron chi connectivity index (χ4n) is 5.14. The molecule has 1 fully saturated rings. The van der Waals surface area contributed by atoms with E-state index in [9.17, 15) is 31.1 Å². The van der Waals surface area contributed by atoms with Crippen LogP contribution in [-0.4, -0.2) is 57.9 Å². The third kappa shape index (κ3) is 8.10. The zero-order valence-corrected chi connectivity index (χ0v) is 24.2. The highest BCUT2D eigenvalue weighted by Crippen LogP contribution is 2.37. The van der Waals surface area contributed by atoms with Crippen LogP contribution in [0.25, 0.3) is 17.0 Å². The summed E-state index contributed by atoms with van der Waals surface area (Å²) in [5.41, 5.74) is -0.954. The van der Waals surface area contributed by atoms with E-state index < -0.39 is 41.0 Å². The Balaban J connectivity index is 0.00000253. The van der Waals surface area contributed by atoms with Crippen molar-refractivity contribution in [3.05, 3.63) is 107 Å². The summed E-state index contributed by atoms with van der Waals surface area (Å²) in [5.74, 6) is -0.864. The predicted molar refractivity (Wildman–Crippen MR) is 157 cm³/mol. The van der Waals surface area contributed by atoms with Gasteiger partial charge in [0.1, 0.15) is 0 Å². The molecule has 1 aliphatic heterocycles. The number of hydrogen-bond acceptors (Lipinski definition) is 3. The molecule has 0 spiro atoms. The number of piperazine rings is 1. The van der Waals surface area contributed by atoms with E-state index in [-0.39, 0.29) is 37.4 Å². The second-order valence-electron chi connectivity index (χ2n) is 9.96. The van der Waals surface area contributed by atoms with Gasteiger partial charge in [-0.15, -0.1) is 24.8 Å². The van der Waals surface area contributed by atoms with Crippen LogP contribution in [0.1, 0.15) is 32.6 Å². The number of benzene rings is 2. The molecule has 4 aromatic rings. The molecule has 0 bridgehead atoms. The molecule has 0 saturated carbocycles. The van der Waals surface area contributed by atoms with E-state index in [1.54, 1.807) is 12.4 Å². The van der Waals surface area contributed by atoms with E-state index in [1.807, 2.05) is 54.7 Å². The second kappa shape index (κ2) is 13.8. The van der Waals surface area contributed by atoms with Gasteiger partial charge in [0, 0.05) is 67.3 Å². The third-order valence-corrected chi connectivity index (χ3v) is 7.15. The highest BCUT2D eigenvalue weighted by Gasteiger charge is 2.39. The fourth-order valence-corrected chi connectivity index (χ4v) is 5.14. The lowest BCUT2D eigenvalue weighted by atomic mass is 9.98. The molecule has 1 saturated heterocycles. The first-order valence-electron chi connectivity index (χ1n) is 12.9. The standard InChI is InChI=1S/C30H26F6N4O.2ClH/c31-29(32,33)23-13-21(14-24(16-23)30(34,35)36)28(41)40-12-11-39(10-4-6-20-5-3-9-37-17-20)19-25(40)15-22-18-38-27-8-2-1-7-26(22)27;;/h1-9,13-14,16-18,25,38H,10-12,15,19H2;2*1H/b6-4-;;/t25-;;/m1../s1. The van der Waals surface area contributed by atoms with E-state index in [2.05, 4.69) is 14.9 Å². The zero-order valence-electron chi connectivity index (χ0n) is 22.5. The topological polar surface area (TPSA) is 52.2 Å². The molecular weight excluding hydrogens is 617 g/mol. The summed E-state index contributed by atoms with van der Waals surface area (Å²) in [7, 11) is 0. The van der Waals surface area contributed by atoms with Crippen molar-refractivity contribution in [2.45, 2.75) is 24.8 Å². The SMILES string of the molecule is Cl.Cl.O=C(c1cc(C(F)(F)F)cc(C(F)(F)F)c1)N1CCN(C/C=C\c2cccnc2)C[C@H]1Cc1c[nH]c2ccccc12. The maximum Gasteiger partial charge on any atom is 0.416 e. The van der Waals surface area contributed by atoms with Gasteiger partial charge >= 0.3 is 12.4 Å². The quantitative estimate of drug-likeness (QED) is 0.221. The molecule has 0 radical (unpaired) electrons. The zero-order chi connectivity index (χ0) is 29.2. The number of fused-ring (bicyclic) bond motifs is 1. The number of nitrogens with one attached hydrogen (secondary N) is 1. The lowest BCUT2D eigenvalue weighted by Crippen LogP contribution is -2.56. The summed E-state index contributed by atoms with van der Waals surface area (Å²) in [6, 6.07) is 11.8. The van der Waals surface area contributed by atoms with Crippen molar-refractivity contribution in [1.82, 2.24) is 19.8 Å². The van der Waals surface area contributed by atoms with Crippen LogP contribution in [0.3, 0.4) is 0 Å². The van der Waals surface area contributed by atoms with E-state index >= 15 is 0 Å². The lowest BCUT2D eigenvalue weighted by Gasteiger charge is -2.41. The number of carbonyl (C=O) groups excluding carboxylic acids is 1. The van der Waals surface area contributed by atoms with Crippen LogP contribution >= 0.6 is 24.8 Å². The summed E-state index contributed by atoms with van der Waals surface area (Å²) >= 11 is 0. The minimum atomic E-state index is -5.04. The Morgan fingerprint density at radius 3 is 2.30 bits per heavy atom. The number of para-hydroxylation sites is 1. The summed E-state index contributed by atoms with van der Waals surface area (Å²) < 4.78 is 81.0. The number of rotatable bonds is 6. The Bertz CT molecular complexity index is 1520. The molecule has 1 amide bonds. The van der Waals surface area contributed by atoms with Crippen molar-refractivity contribution >= 4 is 47.7 Å². The number of nitrogens with zero attached hydrogens (tertiary/aromatic N) is 3. The number of hydrogen-bond donors (Lipinski definition) is 1. The third-order valence-electron chi connectivity index (χ3n) is 7.15. The van der Waals surface area contributed by atoms with Crippen LogP contribution in [0.5, 0.6) is 0 Å². The molecule has 43 heavy (non-hydrogen) atoms. The van der Waals surface area contributed by atoms with Crippen molar-refractivity contribution in [3.63, 3.8) is 0 Å². The molecule has 1 aliphatic rings. The Morgan fingerprint density at radius 1 is 0.953 bits per heavy atom. The van der Waals surface area contributed by atoms with E-state index in [0.29, 0.717) is 38.2 Å². The molecule has 230 valence electrons. The Labute approximate surface area is 256 Å². The van der Waals surface area contributed by atoms with E-state index in [4.69, 9.17) is 0 Å². The smallest absolute Gasteiger partial charge is 0.361 e. The maximum atomic E-state index is 13.6. The van der Waals surface area contributed by atoms with Gasteiger partial charge in [0.05, 0.1) is 11.1 Å². The first-order valence-corrected chi connectivity index (χ1v) is 12.9. The molecule has 1 N–H and O–H groups in total. The van der Waals surface area contributed by atoms with Gasteiger partial charge in [-0.05, 0) is 47.9 Å². The van der Waals surface area contributed by atoms with Gasteiger partial charge in [-0.3, -0.25) is 14.7 Å². The summed E-state index contributed by atoms with van der Waals surface area (Å²) in [6.45, 7) is 1.47. The minimum absolute atomic E-state index is 0. The first kappa shape index (κ1) is 34.0. The molecule has 0 aliphatic carbocycles. The van der Waals surface area contributed by atoms with Gasteiger partial charge in [-0.2, -0.15) is 26.3 Å². The van der Waals surface area contributed by atoms with Crippen molar-refractivity contribution in [2.75, 3.05) is 26.2 Å². The van der Waals surface area contributed by atoms with Gasteiger partial charge in [-0.1, -0.05) is 36.4 Å². The van der Waals surface area contributed by atoms with E-state index in [1.165, 1.54) is 4.90 Å². The number of alkyl halides is 6. The van der Waals surface area contributed by atoms with Crippen LogP contribution in [0.4, 0.5) is 26.3 Å². The minimum Gasteiger partial charge on any atom is -0.361 e. The number of aromatic amines is 1. The summed E-state index contributed by atoms with van der Waals surface area (Å²) in [5, 5.41) is 0.937. The van der Waals surface area contributed by atoms with Gasteiger partial charge in [0.2, 0.25) is 0 Å². The van der Waals surface area contributed by atoms with Crippen LogP contribution in [0.15, 0.2) is 79.3 Å². The number of halogens is 8. The maximum absolute atomic E-state index is 13.6. The first-order chi connectivity index (χ1) is 19.5. The van der Waals surface area contributed by atoms with Gasteiger partial charge in [0.25, 0.3) is 5.91 Å². The molecule has 1 atom stereocenters. The average molecular weight is 645 g/mol. The van der Waals surface area contributed by atoms with Crippen molar-refractivity contribution in [2.24, 2.45) is 0 Å². The van der Waals surface area contributed by atoms with Crippen LogP contribution in [0.2, 0.25) is 0 Å². The number of H-pyrrole nitrogens is 1. The Kier molecular flexibility index (Phi) is 10.9. The van der Waals surface area contributed by atoms with Crippen LogP contribution < -0.4 is 0 Å². The number of pyridine rings is 1. The molecule has 13 heteroatoms. The molecule has 0 unspecified atom stereocenters. The highest BCUT2D eigenvalue weighted by atomic mass is 35.5. The Hall–Kier alpha value is -3.54. The summed E-state index contributed by atoms with van der Waals surface area (Å²) in [4.78, 5) is 24.4. The number of amides is 1. The van der Waals surface area contributed by atoms with E-state index in [0.717, 1.165) is 22.0 Å². The van der Waals surface area contributed by atoms with Crippen LogP contribution in [-0.2, 0) is 18.8 Å². The molecule has 2 aromatic carbocycles. The largest absolute Gasteiger partial charge is 0.416 e. The molecular formula is C30H28Cl2F6N4O. The molecule has 5 nitrogen and oxygen atoms in total. The fraction of sp³-hybridized carbons (Fsp3) is 0.267. The van der Waals surface area contributed by atoms with Crippen molar-refractivity contribution in [1.29, 1.82) is 0 Å². The normalized spacial score (nSPS) is 16.2. The summed E-state index contributed by atoms with van der Waals surface area (Å²) in [6.07, 6.45) is -0.634. The van der Waals surface area contributed by atoms with Crippen molar-refractivity contribution in [3.8, 4) is 0 Å². The average Bonchev–Trinajstić information content (AvgIpc) is 3.35. The number of carbonyl (C=O) groups is 1. The monoisotopic (exact) mass is 644 g/mol.